The lowest BCUT2D eigenvalue weighted by atomic mass is 9.70. The van der Waals surface area contributed by atoms with E-state index in [-0.39, 0.29) is 5.41 Å². The largest absolute Gasteiger partial charge is 0.256 e. The van der Waals surface area contributed by atoms with E-state index in [0.29, 0.717) is 5.92 Å². The van der Waals surface area contributed by atoms with Crippen LogP contribution in [0.4, 0.5) is 0 Å². The summed E-state index contributed by atoms with van der Waals surface area (Å²) in [7, 11) is 0. The van der Waals surface area contributed by atoms with Crippen molar-refractivity contribution in [1.29, 1.82) is 0 Å². The smallest absolute Gasteiger partial charge is 0.0776 e. The Morgan fingerprint density at radius 2 is 2.14 bits per heavy atom. The first-order chi connectivity index (χ1) is 9.91. The van der Waals surface area contributed by atoms with Crippen molar-refractivity contribution < 1.29 is 0 Å². The predicted octanol–water partition coefficient (Wildman–Crippen LogP) is 5.79. The third-order valence-electron chi connectivity index (χ3n) is 5.23. The Kier molecular flexibility index (Phi) is 4.51. The number of aliphatic imine (C=N–C) groups is 1. The van der Waals surface area contributed by atoms with E-state index in [0.717, 1.165) is 5.71 Å². The molecule has 2 atom stereocenters. The molecule has 0 heterocycles. The molecule has 2 aliphatic rings. The standard InChI is InChI=1S/C20H27N/c1-7-21-19-17(14(2)3)11-8-12-18(19)16(5)20(6)13-9-10-15(20)4/h7-8,11-12,15H,1,5,9-10,13H2,2-4,6H3. The molecule has 1 saturated carbocycles. The Balaban J connectivity index is 2.47. The van der Waals surface area contributed by atoms with E-state index in [9.17, 15) is 0 Å². The van der Waals surface area contributed by atoms with E-state index in [4.69, 9.17) is 0 Å². The zero-order valence-corrected chi connectivity index (χ0v) is 13.9. The fourth-order valence-corrected chi connectivity index (χ4v) is 3.52. The molecule has 2 aliphatic carbocycles. The molecule has 0 spiro atoms. The molecule has 1 nitrogen and oxygen atoms in total. The van der Waals surface area contributed by atoms with Gasteiger partial charge in [0.15, 0.2) is 0 Å². The molecule has 0 saturated heterocycles. The van der Waals surface area contributed by atoms with Crippen LogP contribution in [0.1, 0.15) is 47.0 Å². The van der Waals surface area contributed by atoms with Crippen LogP contribution in [0.25, 0.3) is 0 Å². The minimum Gasteiger partial charge on any atom is -0.256 e. The Labute approximate surface area is 129 Å². The highest BCUT2D eigenvalue weighted by Crippen LogP contribution is 2.50. The van der Waals surface area contributed by atoms with Gasteiger partial charge in [-0.05, 0) is 49.2 Å². The lowest BCUT2D eigenvalue weighted by Gasteiger charge is -2.34. The second kappa shape index (κ2) is 6.01. The van der Waals surface area contributed by atoms with Gasteiger partial charge in [0.2, 0.25) is 0 Å². The van der Waals surface area contributed by atoms with E-state index in [1.54, 1.807) is 6.20 Å². The maximum atomic E-state index is 4.56. The van der Waals surface area contributed by atoms with Crippen LogP contribution < -0.4 is 0 Å². The second-order valence-electron chi connectivity index (χ2n) is 6.70. The van der Waals surface area contributed by atoms with Crippen molar-refractivity contribution in [3.8, 4) is 0 Å². The minimum atomic E-state index is 0.186. The van der Waals surface area contributed by atoms with Crippen LogP contribution in [0.5, 0.6) is 0 Å². The average molecular weight is 281 g/mol. The molecule has 0 bridgehead atoms. The molecule has 0 radical (unpaired) electrons. The first-order valence-electron chi connectivity index (χ1n) is 7.87. The van der Waals surface area contributed by atoms with E-state index in [1.165, 1.54) is 41.6 Å². The van der Waals surface area contributed by atoms with Crippen molar-refractivity contribution in [2.75, 3.05) is 0 Å². The van der Waals surface area contributed by atoms with Crippen molar-refractivity contribution in [2.24, 2.45) is 16.3 Å². The molecular formula is C20H27N. The molecule has 0 amide bonds. The molecule has 0 aromatic rings. The van der Waals surface area contributed by atoms with Gasteiger partial charge in [0.1, 0.15) is 0 Å². The predicted molar refractivity (Wildman–Crippen MR) is 93.5 cm³/mol. The van der Waals surface area contributed by atoms with Gasteiger partial charge in [0, 0.05) is 11.8 Å². The van der Waals surface area contributed by atoms with Gasteiger partial charge in [-0.1, -0.05) is 57.2 Å². The third kappa shape index (κ3) is 2.74. The van der Waals surface area contributed by atoms with Gasteiger partial charge in [-0.15, -0.1) is 0 Å². The summed E-state index contributed by atoms with van der Waals surface area (Å²) in [5.74, 6) is 0.678. The summed E-state index contributed by atoms with van der Waals surface area (Å²) in [6.45, 7) is 17.2. The molecular weight excluding hydrogens is 254 g/mol. The number of hydrogen-bond acceptors (Lipinski definition) is 1. The molecule has 0 aromatic carbocycles. The zero-order valence-electron chi connectivity index (χ0n) is 13.9. The van der Waals surface area contributed by atoms with Crippen molar-refractivity contribution >= 4 is 5.71 Å². The molecule has 2 unspecified atom stereocenters. The topological polar surface area (TPSA) is 12.4 Å². The third-order valence-corrected chi connectivity index (χ3v) is 5.23. The van der Waals surface area contributed by atoms with E-state index < -0.39 is 0 Å². The summed E-state index contributed by atoms with van der Waals surface area (Å²) in [6, 6.07) is 0. The summed E-state index contributed by atoms with van der Waals surface area (Å²) < 4.78 is 0. The quantitative estimate of drug-likeness (QED) is 0.621. The summed E-state index contributed by atoms with van der Waals surface area (Å²) in [6.07, 6.45) is 11.9. The first-order valence-corrected chi connectivity index (χ1v) is 7.87. The van der Waals surface area contributed by atoms with Crippen molar-refractivity contribution in [2.45, 2.75) is 47.0 Å². The minimum absolute atomic E-state index is 0.186. The zero-order chi connectivity index (χ0) is 15.6. The summed E-state index contributed by atoms with van der Waals surface area (Å²) >= 11 is 0. The van der Waals surface area contributed by atoms with E-state index in [1.807, 2.05) is 0 Å². The fourth-order valence-electron chi connectivity index (χ4n) is 3.52. The summed E-state index contributed by atoms with van der Waals surface area (Å²) in [4.78, 5) is 4.56. The lowest BCUT2D eigenvalue weighted by molar-refractivity contribution is 0.314. The van der Waals surface area contributed by atoms with Gasteiger partial charge in [-0.2, -0.15) is 0 Å². The monoisotopic (exact) mass is 281 g/mol. The van der Waals surface area contributed by atoms with Gasteiger partial charge < -0.3 is 0 Å². The molecule has 0 N–H and O–H groups in total. The summed E-state index contributed by atoms with van der Waals surface area (Å²) in [5, 5.41) is 0. The van der Waals surface area contributed by atoms with Crippen LogP contribution in [0.15, 0.2) is 64.9 Å². The van der Waals surface area contributed by atoms with Gasteiger partial charge in [-0.25, -0.2) is 0 Å². The molecule has 0 aliphatic heterocycles. The van der Waals surface area contributed by atoms with Gasteiger partial charge in [-0.3, -0.25) is 4.99 Å². The van der Waals surface area contributed by atoms with Crippen LogP contribution in [0, 0.1) is 11.3 Å². The van der Waals surface area contributed by atoms with Crippen LogP contribution in [0.2, 0.25) is 0 Å². The maximum Gasteiger partial charge on any atom is 0.0776 e. The van der Waals surface area contributed by atoms with Gasteiger partial charge in [0.05, 0.1) is 5.71 Å². The number of nitrogens with zero attached hydrogens (tertiary/aromatic N) is 1. The summed E-state index contributed by atoms with van der Waals surface area (Å²) in [5.41, 5.74) is 6.10. The van der Waals surface area contributed by atoms with Gasteiger partial charge >= 0.3 is 0 Å². The highest BCUT2D eigenvalue weighted by Gasteiger charge is 2.40. The molecule has 1 fully saturated rings. The molecule has 21 heavy (non-hydrogen) atoms. The molecule has 0 aromatic heterocycles. The fraction of sp³-hybridized carbons (Fsp3) is 0.450. The SMILES string of the molecule is C=CN=C1C(C(=C)C2(C)CCCC2C)=CC=CC1=C(C)C. The number of allylic oxidation sites excluding steroid dienone is 7. The molecule has 112 valence electrons. The Bertz CT molecular complexity index is 579. The molecule has 2 rings (SSSR count). The van der Waals surface area contributed by atoms with Crippen LogP contribution >= 0.6 is 0 Å². The van der Waals surface area contributed by atoms with E-state index >= 15 is 0 Å². The van der Waals surface area contributed by atoms with Crippen molar-refractivity contribution in [3.63, 3.8) is 0 Å². The normalized spacial score (nSPS) is 30.5. The van der Waals surface area contributed by atoms with Crippen molar-refractivity contribution in [3.05, 3.63) is 59.9 Å². The maximum absolute atomic E-state index is 4.56. The van der Waals surface area contributed by atoms with Gasteiger partial charge in [0.25, 0.3) is 0 Å². The average Bonchev–Trinajstić information content (AvgIpc) is 2.79. The van der Waals surface area contributed by atoms with Crippen LogP contribution in [-0.4, -0.2) is 5.71 Å². The Hall–Kier alpha value is -1.63. The highest BCUT2D eigenvalue weighted by molar-refractivity contribution is 6.18. The van der Waals surface area contributed by atoms with Crippen LogP contribution in [0.3, 0.4) is 0 Å². The number of rotatable bonds is 3. The lowest BCUT2D eigenvalue weighted by Crippen LogP contribution is -2.26. The highest BCUT2D eigenvalue weighted by atomic mass is 14.7. The van der Waals surface area contributed by atoms with E-state index in [2.05, 4.69) is 64.1 Å². The Morgan fingerprint density at radius 3 is 2.67 bits per heavy atom. The van der Waals surface area contributed by atoms with Crippen molar-refractivity contribution in [1.82, 2.24) is 0 Å². The first kappa shape index (κ1) is 15.8. The second-order valence-corrected chi connectivity index (χ2v) is 6.70. The molecule has 1 heteroatoms. The van der Waals surface area contributed by atoms with Crippen LogP contribution in [-0.2, 0) is 0 Å². The Morgan fingerprint density at radius 1 is 1.43 bits per heavy atom. The number of hydrogen-bond donors (Lipinski definition) is 0.